The highest BCUT2D eigenvalue weighted by atomic mass is 16.3. The number of pyridine rings is 1. The Morgan fingerprint density at radius 1 is 1.14 bits per heavy atom. The molecule has 0 saturated heterocycles. The standard InChI is InChI=1S/C18H20N2O/c1-13(2)15-7-5-14(6-8-15)10-20-11-16(12-21)17-4-3-9-19-18(17)20/h3-9,11,13,21H,10,12H2,1-2H3. The summed E-state index contributed by atoms with van der Waals surface area (Å²) < 4.78 is 2.10. The number of fused-ring (bicyclic) bond motifs is 1. The van der Waals surface area contributed by atoms with Gasteiger partial charge in [-0.1, -0.05) is 38.1 Å². The van der Waals surface area contributed by atoms with Gasteiger partial charge in [0.25, 0.3) is 0 Å². The SMILES string of the molecule is CC(C)c1ccc(Cn2cc(CO)c3cccnc32)cc1. The van der Waals surface area contributed by atoms with E-state index in [9.17, 15) is 5.11 Å². The maximum Gasteiger partial charge on any atom is 0.140 e. The van der Waals surface area contributed by atoms with Crippen molar-refractivity contribution < 1.29 is 5.11 Å². The number of aromatic nitrogens is 2. The summed E-state index contributed by atoms with van der Waals surface area (Å²) in [5, 5.41) is 10.5. The highest BCUT2D eigenvalue weighted by molar-refractivity contribution is 5.80. The van der Waals surface area contributed by atoms with Gasteiger partial charge in [-0.25, -0.2) is 4.98 Å². The molecule has 21 heavy (non-hydrogen) atoms. The zero-order chi connectivity index (χ0) is 14.8. The van der Waals surface area contributed by atoms with Crippen LogP contribution in [-0.4, -0.2) is 14.7 Å². The Morgan fingerprint density at radius 3 is 2.57 bits per heavy atom. The van der Waals surface area contributed by atoms with Crippen molar-refractivity contribution in [2.24, 2.45) is 0 Å². The smallest absolute Gasteiger partial charge is 0.140 e. The first-order valence-electron chi connectivity index (χ1n) is 7.31. The third kappa shape index (κ3) is 2.69. The van der Waals surface area contributed by atoms with Crippen LogP contribution in [0.15, 0.2) is 48.8 Å². The van der Waals surface area contributed by atoms with Gasteiger partial charge in [0.15, 0.2) is 0 Å². The van der Waals surface area contributed by atoms with Crippen molar-refractivity contribution in [3.05, 3.63) is 65.5 Å². The number of nitrogens with zero attached hydrogens (tertiary/aromatic N) is 2. The predicted molar refractivity (Wildman–Crippen MR) is 85.3 cm³/mol. The van der Waals surface area contributed by atoms with Crippen LogP contribution >= 0.6 is 0 Å². The molecule has 1 aromatic carbocycles. The molecule has 0 spiro atoms. The Hall–Kier alpha value is -2.13. The van der Waals surface area contributed by atoms with E-state index in [-0.39, 0.29) is 6.61 Å². The molecule has 3 heteroatoms. The van der Waals surface area contributed by atoms with Gasteiger partial charge in [0.1, 0.15) is 5.65 Å². The second-order valence-corrected chi connectivity index (χ2v) is 5.71. The molecule has 0 aliphatic rings. The Bertz CT molecular complexity index is 742. The van der Waals surface area contributed by atoms with Crippen LogP contribution in [0, 0.1) is 0 Å². The number of hydrogen-bond donors (Lipinski definition) is 1. The zero-order valence-corrected chi connectivity index (χ0v) is 12.5. The fraction of sp³-hybridized carbons (Fsp3) is 0.278. The van der Waals surface area contributed by atoms with E-state index in [1.165, 1.54) is 11.1 Å². The van der Waals surface area contributed by atoms with Crippen LogP contribution in [0.2, 0.25) is 0 Å². The molecule has 0 unspecified atom stereocenters. The van der Waals surface area contributed by atoms with E-state index >= 15 is 0 Å². The second kappa shape index (κ2) is 5.70. The molecule has 0 atom stereocenters. The lowest BCUT2D eigenvalue weighted by atomic mass is 10.0. The lowest BCUT2D eigenvalue weighted by molar-refractivity contribution is 0.283. The molecule has 0 amide bonds. The number of benzene rings is 1. The Labute approximate surface area is 124 Å². The van der Waals surface area contributed by atoms with E-state index in [0.29, 0.717) is 5.92 Å². The Balaban J connectivity index is 1.94. The first-order chi connectivity index (χ1) is 10.2. The van der Waals surface area contributed by atoms with Crippen LogP contribution in [0.3, 0.4) is 0 Å². The molecule has 108 valence electrons. The van der Waals surface area contributed by atoms with Gasteiger partial charge in [0.2, 0.25) is 0 Å². The fourth-order valence-corrected chi connectivity index (χ4v) is 2.65. The van der Waals surface area contributed by atoms with Crippen molar-refractivity contribution in [3.63, 3.8) is 0 Å². The van der Waals surface area contributed by atoms with Gasteiger partial charge in [0, 0.05) is 29.9 Å². The molecule has 2 aromatic heterocycles. The van der Waals surface area contributed by atoms with Gasteiger partial charge in [-0.3, -0.25) is 0 Å². The minimum atomic E-state index is 0.0431. The van der Waals surface area contributed by atoms with E-state index in [4.69, 9.17) is 0 Å². The quantitative estimate of drug-likeness (QED) is 0.791. The molecule has 0 aliphatic heterocycles. The van der Waals surface area contributed by atoms with E-state index in [1.807, 2.05) is 18.3 Å². The molecule has 3 rings (SSSR count). The average Bonchev–Trinajstić information content (AvgIpc) is 2.86. The van der Waals surface area contributed by atoms with E-state index in [1.54, 1.807) is 6.20 Å². The summed E-state index contributed by atoms with van der Waals surface area (Å²) >= 11 is 0. The predicted octanol–water partition coefficient (Wildman–Crippen LogP) is 3.70. The second-order valence-electron chi connectivity index (χ2n) is 5.71. The van der Waals surface area contributed by atoms with Crippen LogP contribution in [0.5, 0.6) is 0 Å². The van der Waals surface area contributed by atoms with E-state index in [0.717, 1.165) is 23.1 Å². The van der Waals surface area contributed by atoms with E-state index in [2.05, 4.69) is 47.7 Å². The van der Waals surface area contributed by atoms with Gasteiger partial charge >= 0.3 is 0 Å². The molecule has 2 heterocycles. The number of rotatable bonds is 4. The molecule has 1 N–H and O–H groups in total. The summed E-state index contributed by atoms with van der Waals surface area (Å²) in [5.74, 6) is 0.550. The first-order valence-corrected chi connectivity index (χ1v) is 7.31. The molecular formula is C18H20N2O. The van der Waals surface area contributed by atoms with Crippen molar-refractivity contribution in [1.29, 1.82) is 0 Å². The van der Waals surface area contributed by atoms with Crippen LogP contribution in [-0.2, 0) is 13.2 Å². The van der Waals surface area contributed by atoms with Gasteiger partial charge in [-0.2, -0.15) is 0 Å². The number of hydrogen-bond acceptors (Lipinski definition) is 2. The van der Waals surface area contributed by atoms with Gasteiger partial charge in [-0.05, 0) is 29.2 Å². The van der Waals surface area contributed by atoms with Gasteiger partial charge < -0.3 is 9.67 Å². The molecule has 0 aliphatic carbocycles. The highest BCUT2D eigenvalue weighted by Crippen LogP contribution is 2.21. The topological polar surface area (TPSA) is 38.0 Å². The normalized spacial score (nSPS) is 11.4. The van der Waals surface area contributed by atoms with E-state index < -0.39 is 0 Å². The van der Waals surface area contributed by atoms with Crippen molar-refractivity contribution in [1.82, 2.24) is 9.55 Å². The van der Waals surface area contributed by atoms with Crippen LogP contribution in [0.1, 0.15) is 36.5 Å². The lowest BCUT2D eigenvalue weighted by Crippen LogP contribution is -1.99. The largest absolute Gasteiger partial charge is 0.392 e. The summed E-state index contributed by atoms with van der Waals surface area (Å²) in [6.07, 6.45) is 3.79. The lowest BCUT2D eigenvalue weighted by Gasteiger charge is -2.08. The third-order valence-electron chi connectivity index (χ3n) is 3.89. The summed E-state index contributed by atoms with van der Waals surface area (Å²) in [7, 11) is 0. The van der Waals surface area contributed by atoms with Crippen molar-refractivity contribution in [3.8, 4) is 0 Å². The van der Waals surface area contributed by atoms with Crippen LogP contribution < -0.4 is 0 Å². The minimum Gasteiger partial charge on any atom is -0.392 e. The van der Waals surface area contributed by atoms with Gasteiger partial charge in [0.05, 0.1) is 6.61 Å². The van der Waals surface area contributed by atoms with Gasteiger partial charge in [-0.15, -0.1) is 0 Å². The number of aliphatic hydroxyl groups is 1. The van der Waals surface area contributed by atoms with Crippen LogP contribution in [0.25, 0.3) is 11.0 Å². The molecular weight excluding hydrogens is 260 g/mol. The van der Waals surface area contributed by atoms with Crippen molar-refractivity contribution in [2.75, 3.05) is 0 Å². The maximum absolute atomic E-state index is 9.47. The van der Waals surface area contributed by atoms with Crippen molar-refractivity contribution >= 4 is 11.0 Å². The monoisotopic (exact) mass is 280 g/mol. The number of aliphatic hydroxyl groups excluding tert-OH is 1. The summed E-state index contributed by atoms with van der Waals surface area (Å²) in [6.45, 7) is 5.21. The molecule has 3 nitrogen and oxygen atoms in total. The highest BCUT2D eigenvalue weighted by Gasteiger charge is 2.09. The Kier molecular flexibility index (Phi) is 3.76. The fourth-order valence-electron chi connectivity index (χ4n) is 2.65. The molecule has 0 radical (unpaired) electrons. The minimum absolute atomic E-state index is 0.0431. The first kappa shape index (κ1) is 13.8. The molecule has 0 saturated carbocycles. The maximum atomic E-state index is 9.47. The molecule has 0 fully saturated rings. The summed E-state index contributed by atoms with van der Waals surface area (Å²) in [5.41, 5.74) is 4.45. The van der Waals surface area contributed by atoms with Crippen molar-refractivity contribution in [2.45, 2.75) is 32.9 Å². The molecule has 0 bridgehead atoms. The molecule has 3 aromatic rings. The summed E-state index contributed by atoms with van der Waals surface area (Å²) in [4.78, 5) is 4.44. The zero-order valence-electron chi connectivity index (χ0n) is 12.5. The summed E-state index contributed by atoms with van der Waals surface area (Å²) in [6, 6.07) is 12.6. The third-order valence-corrected chi connectivity index (χ3v) is 3.89. The van der Waals surface area contributed by atoms with Crippen LogP contribution in [0.4, 0.5) is 0 Å². The average molecular weight is 280 g/mol. The Morgan fingerprint density at radius 2 is 1.90 bits per heavy atom.